The number of hydrogen-bond acceptors (Lipinski definition) is 4. The number of halogens is 1. The Hall–Kier alpha value is -2.33. The molecule has 0 amide bonds. The van der Waals surface area contributed by atoms with Crippen LogP contribution in [0.5, 0.6) is 0 Å². The van der Waals surface area contributed by atoms with Crippen molar-refractivity contribution in [3.05, 3.63) is 72.9 Å². The molecule has 0 atom stereocenters. The molecule has 0 saturated heterocycles. The van der Waals surface area contributed by atoms with Crippen molar-refractivity contribution in [1.82, 2.24) is 0 Å². The average molecular weight is 631 g/mol. The smallest absolute Gasteiger partial charge is 0.305 e. The maximum absolute atomic E-state index is 12.0. The zero-order valence-corrected chi connectivity index (χ0v) is 28.8. The lowest BCUT2D eigenvalue weighted by molar-refractivity contribution is -0.146. The van der Waals surface area contributed by atoms with Crippen LogP contribution in [0, 0.1) is 0 Å². The molecule has 0 fully saturated rings. The topological polar surface area (TPSA) is 52.6 Å². The highest BCUT2D eigenvalue weighted by Gasteiger charge is 2.12. The molecule has 0 saturated carbocycles. The fourth-order valence-electron chi connectivity index (χ4n) is 4.34. The van der Waals surface area contributed by atoms with E-state index in [0.29, 0.717) is 12.8 Å². The molecule has 0 spiro atoms. The van der Waals surface area contributed by atoms with Gasteiger partial charge in [-0.05, 0) is 77.0 Å². The van der Waals surface area contributed by atoms with Gasteiger partial charge in [-0.2, -0.15) is 0 Å². The van der Waals surface area contributed by atoms with Crippen LogP contribution < -0.4 is 0 Å². The van der Waals surface area contributed by atoms with Crippen molar-refractivity contribution in [3.8, 4) is 0 Å². The second-order valence-electron chi connectivity index (χ2n) is 11.2. The minimum absolute atomic E-state index is 0.0751. The molecule has 0 radical (unpaired) electrons. The average Bonchev–Trinajstić information content (AvgIpc) is 3.02. The summed E-state index contributed by atoms with van der Waals surface area (Å²) in [6.07, 6.45) is 46.7. The zero-order valence-electron chi connectivity index (χ0n) is 28.1. The summed E-state index contributed by atoms with van der Waals surface area (Å²) < 4.78 is 10.5. The predicted molar refractivity (Wildman–Crippen MR) is 190 cm³/mol. The van der Waals surface area contributed by atoms with Crippen LogP contribution in [-0.2, 0) is 19.1 Å². The van der Waals surface area contributed by atoms with Crippen LogP contribution in [0.1, 0.15) is 142 Å². The molecule has 44 heavy (non-hydrogen) atoms. The van der Waals surface area contributed by atoms with E-state index < -0.39 is 5.38 Å². The summed E-state index contributed by atoms with van der Waals surface area (Å²) in [5, 5.41) is -0.509. The van der Waals surface area contributed by atoms with Crippen molar-refractivity contribution >= 4 is 23.5 Å². The van der Waals surface area contributed by atoms with Gasteiger partial charge in [-0.1, -0.05) is 125 Å². The number of alkyl halides is 1. The van der Waals surface area contributed by atoms with Gasteiger partial charge in [0.25, 0.3) is 0 Å². The monoisotopic (exact) mass is 630 g/mol. The Labute approximate surface area is 275 Å². The Balaban J connectivity index is 3.53. The molecule has 5 heteroatoms. The third-order valence-corrected chi connectivity index (χ3v) is 7.17. The van der Waals surface area contributed by atoms with Crippen LogP contribution in [-0.4, -0.2) is 30.5 Å². The standard InChI is InChI=1S/C39H63ClO4/c1-3-5-7-9-11-13-15-17-19-21-23-25-27-29-31-33-38(41)43-35-37(40)36-44-39(42)34-32-30-28-26-24-22-20-18-16-14-12-10-8-6-4-2/h5-8,11-14,17-20,37H,3-4,9-10,15-16,21-36H2,1-2H3/b7-5+,8-6+,13-11+,14-12+,19-17+,20-18+. The van der Waals surface area contributed by atoms with E-state index in [2.05, 4.69) is 86.8 Å². The summed E-state index contributed by atoms with van der Waals surface area (Å²) >= 11 is 6.19. The summed E-state index contributed by atoms with van der Waals surface area (Å²) in [6, 6.07) is 0. The maximum atomic E-state index is 12.0. The van der Waals surface area contributed by atoms with Crippen molar-refractivity contribution in [2.75, 3.05) is 13.2 Å². The lowest BCUT2D eigenvalue weighted by Gasteiger charge is -2.11. The molecule has 0 rings (SSSR count). The van der Waals surface area contributed by atoms with Gasteiger partial charge in [-0.15, -0.1) is 11.6 Å². The fourth-order valence-corrected chi connectivity index (χ4v) is 4.46. The largest absolute Gasteiger partial charge is 0.464 e. The first-order valence-corrected chi connectivity index (χ1v) is 17.9. The zero-order chi connectivity index (χ0) is 32.2. The SMILES string of the molecule is CC/C=C/C/C=C/C/C=C/CCCCCCCC(=O)OCC(Cl)COC(=O)CCCCCCC/C=C/C/C=C/C/C=C/CC. The van der Waals surface area contributed by atoms with Gasteiger partial charge in [0.2, 0.25) is 0 Å². The summed E-state index contributed by atoms with van der Waals surface area (Å²) in [7, 11) is 0. The molecule has 0 aliphatic heterocycles. The molecule has 0 bridgehead atoms. The molecule has 0 aliphatic rings. The highest BCUT2D eigenvalue weighted by Crippen LogP contribution is 2.11. The van der Waals surface area contributed by atoms with Crippen molar-refractivity contribution in [3.63, 3.8) is 0 Å². The van der Waals surface area contributed by atoms with Crippen molar-refractivity contribution in [2.24, 2.45) is 0 Å². The summed E-state index contributed by atoms with van der Waals surface area (Å²) in [5.41, 5.74) is 0. The summed E-state index contributed by atoms with van der Waals surface area (Å²) in [4.78, 5) is 23.9. The number of carbonyl (C=O) groups excluding carboxylic acids is 2. The highest BCUT2D eigenvalue weighted by atomic mass is 35.5. The molecule has 4 nitrogen and oxygen atoms in total. The Bertz CT molecular complexity index is 769. The van der Waals surface area contributed by atoms with E-state index in [9.17, 15) is 9.59 Å². The number of rotatable bonds is 30. The van der Waals surface area contributed by atoms with E-state index in [4.69, 9.17) is 21.1 Å². The maximum Gasteiger partial charge on any atom is 0.305 e. The number of ether oxygens (including phenoxy) is 2. The molecule has 0 aliphatic carbocycles. The van der Waals surface area contributed by atoms with E-state index in [1.807, 2.05) is 0 Å². The minimum atomic E-state index is -0.509. The Morgan fingerprint density at radius 3 is 1.18 bits per heavy atom. The molecule has 0 aromatic carbocycles. The highest BCUT2D eigenvalue weighted by molar-refractivity contribution is 6.21. The van der Waals surface area contributed by atoms with Gasteiger partial charge in [-0.25, -0.2) is 0 Å². The van der Waals surface area contributed by atoms with Crippen LogP contribution in [0.4, 0.5) is 0 Å². The molecule has 0 heterocycles. The first-order valence-electron chi connectivity index (χ1n) is 17.4. The van der Waals surface area contributed by atoms with Crippen molar-refractivity contribution in [2.45, 2.75) is 148 Å². The van der Waals surface area contributed by atoms with Crippen molar-refractivity contribution < 1.29 is 19.1 Å². The Kier molecular flexibility index (Phi) is 33.3. The van der Waals surface area contributed by atoms with Gasteiger partial charge in [0.15, 0.2) is 0 Å². The molecule has 0 N–H and O–H groups in total. The quantitative estimate of drug-likeness (QED) is 0.0343. The third-order valence-electron chi connectivity index (χ3n) is 6.91. The molecular weight excluding hydrogens is 568 g/mol. The van der Waals surface area contributed by atoms with E-state index in [0.717, 1.165) is 89.9 Å². The number of carbonyl (C=O) groups is 2. The van der Waals surface area contributed by atoms with Crippen LogP contribution in [0.3, 0.4) is 0 Å². The predicted octanol–water partition coefficient (Wildman–Crippen LogP) is 11.9. The lowest BCUT2D eigenvalue weighted by Crippen LogP contribution is -2.21. The van der Waals surface area contributed by atoms with E-state index in [1.165, 1.54) is 25.7 Å². The van der Waals surface area contributed by atoms with Gasteiger partial charge < -0.3 is 9.47 Å². The van der Waals surface area contributed by atoms with Crippen LogP contribution in [0.2, 0.25) is 0 Å². The van der Waals surface area contributed by atoms with E-state index in [1.54, 1.807) is 0 Å². The van der Waals surface area contributed by atoms with Crippen LogP contribution in [0.15, 0.2) is 72.9 Å². The Morgan fingerprint density at radius 2 is 0.795 bits per heavy atom. The summed E-state index contributed by atoms with van der Waals surface area (Å²) in [6.45, 7) is 4.45. The summed E-state index contributed by atoms with van der Waals surface area (Å²) in [5.74, 6) is -0.461. The number of hydrogen-bond donors (Lipinski definition) is 0. The molecule has 0 aromatic heterocycles. The third kappa shape index (κ3) is 34.2. The van der Waals surface area contributed by atoms with Gasteiger partial charge in [-0.3, -0.25) is 9.59 Å². The van der Waals surface area contributed by atoms with Crippen LogP contribution >= 0.6 is 11.6 Å². The van der Waals surface area contributed by atoms with Gasteiger partial charge in [0.1, 0.15) is 18.6 Å². The van der Waals surface area contributed by atoms with E-state index in [-0.39, 0.29) is 25.2 Å². The fraction of sp³-hybridized carbons (Fsp3) is 0.641. The molecular formula is C39H63ClO4. The normalized spacial score (nSPS) is 12.5. The molecule has 0 aromatic rings. The second-order valence-corrected chi connectivity index (χ2v) is 11.8. The lowest BCUT2D eigenvalue weighted by atomic mass is 10.1. The van der Waals surface area contributed by atoms with Crippen molar-refractivity contribution in [1.29, 1.82) is 0 Å². The number of unbranched alkanes of at least 4 members (excludes halogenated alkanes) is 10. The second kappa shape index (κ2) is 35.2. The molecule has 0 unspecified atom stereocenters. The van der Waals surface area contributed by atoms with Crippen LogP contribution in [0.25, 0.3) is 0 Å². The first-order chi connectivity index (χ1) is 21.6. The first kappa shape index (κ1) is 41.7. The van der Waals surface area contributed by atoms with Gasteiger partial charge in [0, 0.05) is 12.8 Å². The number of esters is 2. The minimum Gasteiger partial charge on any atom is -0.464 e. The Morgan fingerprint density at radius 1 is 0.477 bits per heavy atom. The van der Waals surface area contributed by atoms with Gasteiger partial charge >= 0.3 is 11.9 Å². The van der Waals surface area contributed by atoms with Gasteiger partial charge in [0.05, 0.1) is 0 Å². The number of allylic oxidation sites excluding steroid dienone is 12. The molecule has 250 valence electrons. The van der Waals surface area contributed by atoms with E-state index >= 15 is 0 Å².